The topological polar surface area (TPSA) is 104 Å². The van der Waals surface area contributed by atoms with Crippen LogP contribution in [-0.4, -0.2) is 38.5 Å². The molecule has 1 aliphatic heterocycles. The molecule has 0 saturated heterocycles. The molecule has 1 aromatic carbocycles. The number of hydrogen-bond acceptors (Lipinski definition) is 4. The van der Waals surface area contributed by atoms with Crippen molar-refractivity contribution in [2.75, 3.05) is 18.0 Å². The Morgan fingerprint density at radius 3 is 2.73 bits per heavy atom. The smallest absolute Gasteiger partial charge is 0.304 e. The number of nitrogens with one attached hydrogen (secondary N) is 1. The minimum absolute atomic E-state index is 0.00828. The number of carboxylic acid groups (broad SMARTS) is 1. The van der Waals surface area contributed by atoms with Crippen LogP contribution in [0.2, 0.25) is 0 Å². The molecule has 0 bridgehead atoms. The zero-order chi connectivity index (χ0) is 16.3. The molecular formula is C14H18N2O5S. The number of carbonyl (C=O) groups is 2. The summed E-state index contributed by atoms with van der Waals surface area (Å²) in [5, 5.41) is 8.54. The quantitative estimate of drug-likeness (QED) is 0.802. The zero-order valence-corrected chi connectivity index (χ0v) is 13.0. The van der Waals surface area contributed by atoms with Crippen molar-refractivity contribution in [3.63, 3.8) is 0 Å². The van der Waals surface area contributed by atoms with Crippen LogP contribution in [0.1, 0.15) is 25.3 Å². The summed E-state index contributed by atoms with van der Waals surface area (Å²) in [5.74, 6) is -1.06. The van der Waals surface area contributed by atoms with Gasteiger partial charge in [0.25, 0.3) is 0 Å². The molecule has 2 N–H and O–H groups in total. The standard InChI is InChI=1S/C14H18N2O5S/c1-2-13(17)16-8-6-10-9-11(3-4-12(10)16)22(20,21)15-7-5-14(18)19/h3-4,9,15H,2,5-8H2,1H3,(H,18,19). The van der Waals surface area contributed by atoms with Gasteiger partial charge in [0, 0.05) is 25.2 Å². The second kappa shape index (κ2) is 6.45. The molecule has 8 heteroatoms. The molecule has 0 saturated carbocycles. The molecule has 0 unspecified atom stereocenters. The Hall–Kier alpha value is -1.93. The maximum Gasteiger partial charge on any atom is 0.304 e. The van der Waals surface area contributed by atoms with Crippen molar-refractivity contribution >= 4 is 27.6 Å². The molecule has 0 fully saturated rings. The molecule has 0 radical (unpaired) electrons. The summed E-state index contributed by atoms with van der Waals surface area (Å²) in [7, 11) is -3.74. The second-order valence-corrected chi connectivity index (χ2v) is 6.75. The number of carboxylic acids is 1. The van der Waals surface area contributed by atoms with E-state index in [9.17, 15) is 18.0 Å². The summed E-state index contributed by atoms with van der Waals surface area (Å²) < 4.78 is 26.5. The minimum atomic E-state index is -3.74. The van der Waals surface area contributed by atoms with Crippen LogP contribution in [0, 0.1) is 0 Å². The fourth-order valence-electron chi connectivity index (χ4n) is 2.37. The molecule has 0 spiro atoms. The molecule has 1 aromatic rings. The van der Waals surface area contributed by atoms with E-state index in [1.165, 1.54) is 6.07 Å². The second-order valence-electron chi connectivity index (χ2n) is 4.98. The molecular weight excluding hydrogens is 308 g/mol. The number of carbonyl (C=O) groups excluding carboxylic acids is 1. The highest BCUT2D eigenvalue weighted by atomic mass is 32.2. The van der Waals surface area contributed by atoms with Crippen LogP contribution in [0.4, 0.5) is 5.69 Å². The van der Waals surface area contributed by atoms with E-state index in [1.54, 1.807) is 24.0 Å². The highest BCUT2D eigenvalue weighted by Gasteiger charge is 2.25. The van der Waals surface area contributed by atoms with E-state index in [1.807, 2.05) is 0 Å². The predicted molar refractivity (Wildman–Crippen MR) is 80.2 cm³/mol. The summed E-state index contributed by atoms with van der Waals surface area (Å²) in [5.41, 5.74) is 1.55. The normalized spacial score (nSPS) is 14.0. The lowest BCUT2D eigenvalue weighted by Gasteiger charge is -2.16. The van der Waals surface area contributed by atoms with Gasteiger partial charge in [-0.15, -0.1) is 0 Å². The molecule has 0 aromatic heterocycles. The van der Waals surface area contributed by atoms with Gasteiger partial charge in [-0.2, -0.15) is 0 Å². The van der Waals surface area contributed by atoms with E-state index in [0.717, 1.165) is 11.3 Å². The average molecular weight is 326 g/mol. The summed E-state index contributed by atoms with van der Waals surface area (Å²) in [6.07, 6.45) is 0.735. The zero-order valence-electron chi connectivity index (χ0n) is 12.2. The lowest BCUT2D eigenvalue weighted by atomic mass is 10.2. The van der Waals surface area contributed by atoms with Crippen LogP contribution in [0.25, 0.3) is 0 Å². The van der Waals surface area contributed by atoms with E-state index in [-0.39, 0.29) is 23.8 Å². The van der Waals surface area contributed by atoms with E-state index >= 15 is 0 Å². The first-order valence-electron chi connectivity index (χ1n) is 7.00. The van der Waals surface area contributed by atoms with Gasteiger partial charge in [0.1, 0.15) is 0 Å². The number of sulfonamides is 1. The van der Waals surface area contributed by atoms with Crippen LogP contribution in [0.5, 0.6) is 0 Å². The average Bonchev–Trinajstić information content (AvgIpc) is 2.88. The molecule has 1 amide bonds. The van der Waals surface area contributed by atoms with E-state index in [4.69, 9.17) is 5.11 Å². The Labute approximate surface area is 129 Å². The summed E-state index contributed by atoms with van der Waals surface area (Å²) in [4.78, 5) is 24.0. The third-order valence-corrected chi connectivity index (χ3v) is 4.95. The molecule has 22 heavy (non-hydrogen) atoms. The minimum Gasteiger partial charge on any atom is -0.481 e. The molecule has 7 nitrogen and oxygen atoms in total. The number of rotatable bonds is 6. The number of aliphatic carboxylic acids is 1. The summed E-state index contributed by atoms with van der Waals surface area (Å²) in [6, 6.07) is 4.60. The number of amides is 1. The van der Waals surface area contributed by atoms with Gasteiger partial charge in [0.15, 0.2) is 0 Å². The van der Waals surface area contributed by atoms with Gasteiger partial charge < -0.3 is 10.0 Å². The van der Waals surface area contributed by atoms with Crippen molar-refractivity contribution < 1.29 is 23.1 Å². The molecule has 1 aliphatic rings. The lowest BCUT2D eigenvalue weighted by Crippen LogP contribution is -2.28. The number of anilines is 1. The van der Waals surface area contributed by atoms with Crippen molar-refractivity contribution in [3.8, 4) is 0 Å². The fourth-order valence-corrected chi connectivity index (χ4v) is 3.45. The summed E-state index contributed by atoms with van der Waals surface area (Å²) >= 11 is 0. The SMILES string of the molecule is CCC(=O)N1CCc2cc(S(=O)(=O)NCCC(=O)O)ccc21. The van der Waals surface area contributed by atoms with Crippen LogP contribution in [-0.2, 0) is 26.0 Å². The van der Waals surface area contributed by atoms with Gasteiger partial charge in [-0.25, -0.2) is 13.1 Å². The lowest BCUT2D eigenvalue weighted by molar-refractivity contribution is -0.136. The molecule has 2 rings (SSSR count). The molecule has 0 atom stereocenters. The van der Waals surface area contributed by atoms with E-state index in [2.05, 4.69) is 4.72 Å². The fraction of sp³-hybridized carbons (Fsp3) is 0.429. The first-order chi connectivity index (χ1) is 10.3. The Bertz CT molecular complexity index is 699. The maximum absolute atomic E-state index is 12.1. The van der Waals surface area contributed by atoms with Crippen molar-refractivity contribution in [3.05, 3.63) is 23.8 Å². The van der Waals surface area contributed by atoms with Crippen LogP contribution < -0.4 is 9.62 Å². The summed E-state index contributed by atoms with van der Waals surface area (Å²) in [6.45, 7) is 2.18. The third kappa shape index (κ3) is 3.45. The van der Waals surface area contributed by atoms with Crippen molar-refractivity contribution in [1.82, 2.24) is 4.72 Å². The van der Waals surface area contributed by atoms with Crippen molar-refractivity contribution in [2.45, 2.75) is 31.1 Å². The van der Waals surface area contributed by atoms with Gasteiger partial charge in [-0.1, -0.05) is 6.92 Å². The Balaban J connectivity index is 2.18. The van der Waals surface area contributed by atoms with Crippen molar-refractivity contribution in [2.24, 2.45) is 0 Å². The first kappa shape index (κ1) is 16.4. The Kier molecular flexibility index (Phi) is 4.82. The van der Waals surface area contributed by atoms with Crippen LogP contribution >= 0.6 is 0 Å². The van der Waals surface area contributed by atoms with Gasteiger partial charge in [-0.05, 0) is 30.2 Å². The molecule has 120 valence electrons. The Morgan fingerprint density at radius 2 is 2.09 bits per heavy atom. The number of nitrogens with zero attached hydrogens (tertiary/aromatic N) is 1. The Morgan fingerprint density at radius 1 is 1.36 bits per heavy atom. The van der Waals surface area contributed by atoms with Gasteiger partial charge in [0.2, 0.25) is 15.9 Å². The van der Waals surface area contributed by atoms with Gasteiger partial charge in [0.05, 0.1) is 11.3 Å². The van der Waals surface area contributed by atoms with E-state index in [0.29, 0.717) is 19.4 Å². The van der Waals surface area contributed by atoms with Crippen LogP contribution in [0.3, 0.4) is 0 Å². The maximum atomic E-state index is 12.1. The van der Waals surface area contributed by atoms with Gasteiger partial charge >= 0.3 is 5.97 Å². The monoisotopic (exact) mass is 326 g/mol. The van der Waals surface area contributed by atoms with Crippen molar-refractivity contribution in [1.29, 1.82) is 0 Å². The van der Waals surface area contributed by atoms with Crippen LogP contribution in [0.15, 0.2) is 23.1 Å². The van der Waals surface area contributed by atoms with Gasteiger partial charge in [-0.3, -0.25) is 9.59 Å². The number of benzene rings is 1. The predicted octanol–water partition coefficient (Wildman–Crippen LogP) is 0.739. The highest BCUT2D eigenvalue weighted by molar-refractivity contribution is 7.89. The molecule has 1 heterocycles. The third-order valence-electron chi connectivity index (χ3n) is 3.49. The highest BCUT2D eigenvalue weighted by Crippen LogP contribution is 2.30. The first-order valence-corrected chi connectivity index (χ1v) is 8.48. The largest absolute Gasteiger partial charge is 0.481 e. The van der Waals surface area contributed by atoms with E-state index < -0.39 is 16.0 Å². The number of hydrogen-bond donors (Lipinski definition) is 2. The molecule has 0 aliphatic carbocycles. The number of fused-ring (bicyclic) bond motifs is 1.